The van der Waals surface area contributed by atoms with Crippen LogP contribution >= 0.6 is 34.5 Å². The van der Waals surface area contributed by atoms with Gasteiger partial charge in [-0.15, -0.1) is 11.3 Å². The molecule has 0 aliphatic heterocycles. The largest absolute Gasteiger partial charge is 0.331 e. The Morgan fingerprint density at radius 1 is 1.11 bits per heavy atom. The molecule has 19 heavy (non-hydrogen) atoms. The second-order valence-electron chi connectivity index (χ2n) is 3.68. The van der Waals surface area contributed by atoms with E-state index in [0.29, 0.717) is 15.7 Å². The fourth-order valence-corrected chi connectivity index (χ4v) is 2.77. The minimum atomic E-state index is 0.572. The quantitative estimate of drug-likeness (QED) is 0.767. The molecule has 5 nitrogen and oxygen atoms in total. The molecule has 0 radical (unpaired) electrons. The summed E-state index contributed by atoms with van der Waals surface area (Å²) in [5, 5.41) is 17.2. The molecule has 0 bridgehead atoms. The topological polar surface area (TPSA) is 66.5 Å². The zero-order chi connectivity index (χ0) is 13.2. The number of thiazole rings is 1. The van der Waals surface area contributed by atoms with Crippen LogP contribution in [0.3, 0.4) is 0 Å². The van der Waals surface area contributed by atoms with Gasteiger partial charge in [-0.3, -0.25) is 0 Å². The maximum atomic E-state index is 5.94. The van der Waals surface area contributed by atoms with Gasteiger partial charge in [-0.1, -0.05) is 23.2 Å². The molecule has 0 saturated heterocycles. The zero-order valence-electron chi connectivity index (χ0n) is 9.39. The summed E-state index contributed by atoms with van der Waals surface area (Å²) >= 11 is 13.3. The molecule has 8 heteroatoms. The molecule has 1 aromatic carbocycles. The Balaban J connectivity index is 1.84. The Labute approximate surface area is 122 Å². The molecule has 2 N–H and O–H groups in total. The van der Waals surface area contributed by atoms with Gasteiger partial charge in [0.25, 0.3) is 0 Å². The van der Waals surface area contributed by atoms with Crippen molar-refractivity contribution in [1.29, 1.82) is 0 Å². The zero-order valence-corrected chi connectivity index (χ0v) is 11.7. The third-order valence-corrected chi connectivity index (χ3v) is 3.49. The molecule has 0 aliphatic carbocycles. The van der Waals surface area contributed by atoms with E-state index in [1.165, 1.54) is 11.3 Å². The highest BCUT2D eigenvalue weighted by molar-refractivity contribution is 7.14. The lowest BCUT2D eigenvalue weighted by Gasteiger charge is -2.03. The monoisotopic (exact) mass is 311 g/mol. The lowest BCUT2D eigenvalue weighted by Crippen LogP contribution is -1.89. The van der Waals surface area contributed by atoms with Crippen molar-refractivity contribution < 1.29 is 0 Å². The van der Waals surface area contributed by atoms with Gasteiger partial charge in [0.15, 0.2) is 5.13 Å². The summed E-state index contributed by atoms with van der Waals surface area (Å²) in [6.45, 7) is 0. The summed E-state index contributed by atoms with van der Waals surface area (Å²) in [6.07, 6.45) is 1.62. The van der Waals surface area contributed by atoms with Crippen LogP contribution in [-0.4, -0.2) is 20.4 Å². The van der Waals surface area contributed by atoms with Crippen LogP contribution in [0.2, 0.25) is 10.0 Å². The lowest BCUT2D eigenvalue weighted by atomic mass is 10.3. The van der Waals surface area contributed by atoms with Crippen LogP contribution in [0, 0.1) is 0 Å². The fourth-order valence-electron chi connectivity index (χ4n) is 1.52. The third kappa shape index (κ3) is 2.86. The van der Waals surface area contributed by atoms with Crippen molar-refractivity contribution in [2.24, 2.45) is 0 Å². The molecular formula is C11H7Cl2N5S. The van der Waals surface area contributed by atoms with Gasteiger partial charge < -0.3 is 5.32 Å². The Kier molecular flexibility index (Phi) is 3.37. The van der Waals surface area contributed by atoms with Crippen molar-refractivity contribution in [2.45, 2.75) is 0 Å². The van der Waals surface area contributed by atoms with Gasteiger partial charge in [0.1, 0.15) is 11.4 Å². The minimum Gasteiger partial charge on any atom is -0.331 e. The first kappa shape index (κ1) is 12.4. The van der Waals surface area contributed by atoms with E-state index in [1.54, 1.807) is 24.4 Å². The van der Waals surface area contributed by atoms with E-state index >= 15 is 0 Å². The summed E-state index contributed by atoms with van der Waals surface area (Å²) in [6, 6.07) is 5.24. The maximum absolute atomic E-state index is 5.94. The molecule has 96 valence electrons. The van der Waals surface area contributed by atoms with Crippen LogP contribution in [0.4, 0.5) is 10.8 Å². The SMILES string of the molecule is Clc1cc(Cl)cc(Nc2nc(-c3cn[nH]n3)cs2)c1. The van der Waals surface area contributed by atoms with E-state index < -0.39 is 0 Å². The number of benzene rings is 1. The molecule has 0 fully saturated rings. The van der Waals surface area contributed by atoms with Gasteiger partial charge in [0, 0.05) is 21.1 Å². The van der Waals surface area contributed by atoms with E-state index in [2.05, 4.69) is 25.7 Å². The molecule has 0 unspecified atom stereocenters. The Hall–Kier alpha value is -1.63. The summed E-state index contributed by atoms with van der Waals surface area (Å²) in [5.74, 6) is 0. The molecule has 2 heterocycles. The number of aromatic nitrogens is 4. The number of nitrogens with zero attached hydrogens (tertiary/aromatic N) is 3. The second-order valence-corrected chi connectivity index (χ2v) is 5.41. The average molecular weight is 312 g/mol. The highest BCUT2D eigenvalue weighted by Crippen LogP contribution is 2.28. The van der Waals surface area contributed by atoms with Crippen molar-refractivity contribution in [3.63, 3.8) is 0 Å². The molecule has 0 amide bonds. The summed E-state index contributed by atoms with van der Waals surface area (Å²) in [7, 11) is 0. The molecule has 0 aliphatic rings. The van der Waals surface area contributed by atoms with Gasteiger partial charge in [-0.05, 0) is 18.2 Å². The molecule has 3 aromatic rings. The van der Waals surface area contributed by atoms with Crippen LogP contribution in [0.5, 0.6) is 0 Å². The molecule has 0 saturated carbocycles. The molecule has 0 spiro atoms. The van der Waals surface area contributed by atoms with E-state index in [0.717, 1.165) is 16.5 Å². The van der Waals surface area contributed by atoms with E-state index in [4.69, 9.17) is 23.2 Å². The number of anilines is 2. The van der Waals surface area contributed by atoms with Crippen molar-refractivity contribution in [3.05, 3.63) is 39.8 Å². The van der Waals surface area contributed by atoms with Crippen LogP contribution in [0.1, 0.15) is 0 Å². The summed E-state index contributed by atoms with van der Waals surface area (Å²) in [5.41, 5.74) is 2.25. The summed E-state index contributed by atoms with van der Waals surface area (Å²) in [4.78, 5) is 4.41. The predicted octanol–water partition coefficient (Wildman–Crippen LogP) is 3.98. The Morgan fingerprint density at radius 2 is 1.89 bits per heavy atom. The van der Waals surface area contributed by atoms with Gasteiger partial charge in [-0.2, -0.15) is 15.4 Å². The number of nitrogens with one attached hydrogen (secondary N) is 2. The van der Waals surface area contributed by atoms with Crippen LogP contribution in [0.25, 0.3) is 11.4 Å². The van der Waals surface area contributed by atoms with Crippen molar-refractivity contribution in [1.82, 2.24) is 20.4 Å². The number of rotatable bonds is 3. The molecule has 0 atom stereocenters. The van der Waals surface area contributed by atoms with Gasteiger partial charge in [0.05, 0.1) is 6.20 Å². The number of H-pyrrole nitrogens is 1. The second kappa shape index (κ2) is 5.16. The van der Waals surface area contributed by atoms with Crippen molar-refractivity contribution >= 4 is 45.4 Å². The molecule has 2 aromatic heterocycles. The number of hydrogen-bond donors (Lipinski definition) is 2. The van der Waals surface area contributed by atoms with Crippen LogP contribution < -0.4 is 5.32 Å². The minimum absolute atomic E-state index is 0.572. The van der Waals surface area contributed by atoms with E-state index in [1.807, 2.05) is 5.38 Å². The predicted molar refractivity (Wildman–Crippen MR) is 77.2 cm³/mol. The highest BCUT2D eigenvalue weighted by atomic mass is 35.5. The van der Waals surface area contributed by atoms with E-state index in [-0.39, 0.29) is 0 Å². The number of aromatic amines is 1. The normalized spacial score (nSPS) is 10.6. The standard InChI is InChI=1S/C11H7Cl2N5S/c12-6-1-7(13)3-8(2-6)15-11-16-10(5-19-11)9-4-14-18-17-9/h1-5H,(H,15,16)(H,14,17,18). The van der Waals surface area contributed by atoms with Crippen LogP contribution in [-0.2, 0) is 0 Å². The van der Waals surface area contributed by atoms with Crippen molar-refractivity contribution in [2.75, 3.05) is 5.32 Å². The average Bonchev–Trinajstić information content (AvgIpc) is 2.96. The number of hydrogen-bond acceptors (Lipinski definition) is 5. The van der Waals surface area contributed by atoms with Crippen molar-refractivity contribution in [3.8, 4) is 11.4 Å². The van der Waals surface area contributed by atoms with Gasteiger partial charge in [-0.25, -0.2) is 4.98 Å². The van der Waals surface area contributed by atoms with Crippen LogP contribution in [0.15, 0.2) is 29.8 Å². The smallest absolute Gasteiger partial charge is 0.187 e. The fraction of sp³-hybridized carbons (Fsp3) is 0. The molecule has 3 rings (SSSR count). The summed E-state index contributed by atoms with van der Waals surface area (Å²) < 4.78 is 0. The molecular weight excluding hydrogens is 305 g/mol. The Morgan fingerprint density at radius 3 is 2.58 bits per heavy atom. The van der Waals surface area contributed by atoms with Gasteiger partial charge in [0.2, 0.25) is 0 Å². The Bertz CT molecular complexity index is 675. The first-order valence-electron chi connectivity index (χ1n) is 5.25. The highest BCUT2D eigenvalue weighted by Gasteiger charge is 2.07. The third-order valence-electron chi connectivity index (χ3n) is 2.30. The first-order valence-corrected chi connectivity index (χ1v) is 6.89. The van der Waals surface area contributed by atoms with Gasteiger partial charge >= 0.3 is 0 Å². The van der Waals surface area contributed by atoms with E-state index in [9.17, 15) is 0 Å². The maximum Gasteiger partial charge on any atom is 0.187 e. The first-order chi connectivity index (χ1) is 9.20. The number of halogens is 2. The lowest BCUT2D eigenvalue weighted by molar-refractivity contribution is 0.941.